The van der Waals surface area contributed by atoms with Gasteiger partial charge in [-0.2, -0.15) is 0 Å². The van der Waals surface area contributed by atoms with E-state index in [2.05, 4.69) is 4.99 Å². The minimum atomic E-state index is -0.608. The fourth-order valence-corrected chi connectivity index (χ4v) is 3.10. The predicted octanol–water partition coefficient (Wildman–Crippen LogP) is -0.517. The number of allylic oxidation sites excluding steroid dienone is 1. The van der Waals surface area contributed by atoms with E-state index >= 15 is 0 Å². The number of benzene rings is 1. The van der Waals surface area contributed by atoms with Gasteiger partial charge in [-0.05, 0) is 24.1 Å². The first-order valence-electron chi connectivity index (χ1n) is 8.82. The fourth-order valence-electron chi connectivity index (χ4n) is 3.10. The molecule has 1 aliphatic rings. The summed E-state index contributed by atoms with van der Waals surface area (Å²) in [4.78, 5) is 42.2. The van der Waals surface area contributed by atoms with E-state index in [9.17, 15) is 19.5 Å². The summed E-state index contributed by atoms with van der Waals surface area (Å²) < 4.78 is 1.95. The number of aromatic hydroxyl groups is 1. The van der Waals surface area contributed by atoms with Crippen LogP contribution in [0, 0.1) is 0 Å². The van der Waals surface area contributed by atoms with Crippen molar-refractivity contribution < 1.29 is 9.90 Å². The largest absolute Gasteiger partial charge is 0.494 e. The number of aromatic nitrogens is 2. The number of hydrogen-bond donors (Lipinski definition) is 1. The van der Waals surface area contributed by atoms with Crippen LogP contribution in [0.1, 0.15) is 18.9 Å². The predicted molar refractivity (Wildman–Crippen MR) is 105 cm³/mol. The molecule has 8 nitrogen and oxygen atoms in total. The Labute approximate surface area is 161 Å². The van der Waals surface area contributed by atoms with Gasteiger partial charge in [0.25, 0.3) is 5.56 Å². The number of rotatable bonds is 4. The van der Waals surface area contributed by atoms with Crippen molar-refractivity contribution in [1.82, 2.24) is 14.0 Å². The van der Waals surface area contributed by atoms with E-state index in [1.807, 2.05) is 24.3 Å². The average molecular weight is 382 g/mol. The zero-order valence-electron chi connectivity index (χ0n) is 16.3. The number of fused-ring (bicyclic) bond motifs is 1. The third kappa shape index (κ3) is 3.28. The fraction of sp³-hybridized carbons (Fsp3) is 0.300. The molecular formula is C20H22N4O4. The molecule has 0 aliphatic carbocycles. The highest BCUT2D eigenvalue weighted by molar-refractivity contribution is 5.77. The molecule has 1 amide bonds. The lowest BCUT2D eigenvalue weighted by molar-refractivity contribution is -0.127. The van der Waals surface area contributed by atoms with Crippen LogP contribution in [-0.2, 0) is 18.9 Å². The normalized spacial score (nSPS) is 14.1. The summed E-state index contributed by atoms with van der Waals surface area (Å²) in [5.74, 6) is -0.453. The van der Waals surface area contributed by atoms with Crippen molar-refractivity contribution in [3.05, 3.63) is 66.9 Å². The van der Waals surface area contributed by atoms with E-state index in [1.54, 1.807) is 11.9 Å². The SMILES string of the molecule is CC(=O)N(C)CCC1=c2ccccc2=NC1=Cc1c(O)n(C)c(=O)n(C)c1=O. The van der Waals surface area contributed by atoms with Crippen LogP contribution in [0.2, 0.25) is 0 Å². The summed E-state index contributed by atoms with van der Waals surface area (Å²) in [7, 11) is 4.48. The Morgan fingerprint density at radius 1 is 1.21 bits per heavy atom. The average Bonchev–Trinajstić information content (AvgIpc) is 3.03. The quantitative estimate of drug-likeness (QED) is 0.770. The van der Waals surface area contributed by atoms with Crippen molar-refractivity contribution >= 4 is 17.6 Å². The maximum atomic E-state index is 12.5. The van der Waals surface area contributed by atoms with Crippen molar-refractivity contribution in [2.75, 3.05) is 13.6 Å². The van der Waals surface area contributed by atoms with Crippen molar-refractivity contribution in [1.29, 1.82) is 0 Å². The van der Waals surface area contributed by atoms with Gasteiger partial charge in [0.05, 0.1) is 11.1 Å². The molecule has 0 atom stereocenters. The lowest BCUT2D eigenvalue weighted by Crippen LogP contribution is -2.38. The number of carbonyl (C=O) groups excluding carboxylic acids is 1. The lowest BCUT2D eigenvalue weighted by Gasteiger charge is -2.15. The Kier molecular flexibility index (Phi) is 5.04. The van der Waals surface area contributed by atoms with Gasteiger partial charge in [-0.1, -0.05) is 18.2 Å². The molecule has 1 aromatic heterocycles. The van der Waals surface area contributed by atoms with Crippen LogP contribution in [0.15, 0.2) is 44.5 Å². The molecule has 8 heteroatoms. The van der Waals surface area contributed by atoms with Crippen LogP contribution in [0.5, 0.6) is 5.88 Å². The van der Waals surface area contributed by atoms with Gasteiger partial charge in [0.1, 0.15) is 5.56 Å². The summed E-state index contributed by atoms with van der Waals surface area (Å²) in [6, 6.07) is 7.56. The van der Waals surface area contributed by atoms with Gasteiger partial charge in [-0.15, -0.1) is 0 Å². The van der Waals surface area contributed by atoms with Crippen LogP contribution in [-0.4, -0.2) is 38.6 Å². The van der Waals surface area contributed by atoms with Crippen LogP contribution in [0.3, 0.4) is 0 Å². The third-order valence-electron chi connectivity index (χ3n) is 4.96. The molecule has 0 fully saturated rings. The summed E-state index contributed by atoms with van der Waals surface area (Å²) in [6.07, 6.45) is 2.04. The molecule has 0 saturated carbocycles. The first-order valence-corrected chi connectivity index (χ1v) is 8.82. The molecule has 0 radical (unpaired) electrons. The molecule has 0 saturated heterocycles. The minimum absolute atomic E-state index is 0.00595. The highest BCUT2D eigenvalue weighted by Crippen LogP contribution is 2.23. The van der Waals surface area contributed by atoms with Crippen molar-refractivity contribution in [2.24, 2.45) is 19.1 Å². The van der Waals surface area contributed by atoms with Crippen molar-refractivity contribution in [3.8, 4) is 5.88 Å². The van der Waals surface area contributed by atoms with Gasteiger partial charge in [-0.3, -0.25) is 18.7 Å². The van der Waals surface area contributed by atoms with Crippen molar-refractivity contribution in [2.45, 2.75) is 13.3 Å². The van der Waals surface area contributed by atoms with E-state index in [0.717, 1.165) is 25.3 Å². The summed E-state index contributed by atoms with van der Waals surface area (Å²) in [5.41, 5.74) is 0.194. The van der Waals surface area contributed by atoms with Gasteiger partial charge >= 0.3 is 5.69 Å². The number of hydrogen-bond acceptors (Lipinski definition) is 5. The second kappa shape index (κ2) is 7.30. The Bertz CT molecular complexity index is 1230. The Morgan fingerprint density at radius 2 is 1.89 bits per heavy atom. The van der Waals surface area contributed by atoms with E-state index < -0.39 is 17.1 Å². The smallest absolute Gasteiger partial charge is 0.333 e. The molecule has 2 heterocycles. The van der Waals surface area contributed by atoms with Gasteiger partial charge < -0.3 is 10.0 Å². The Balaban J connectivity index is 2.17. The van der Waals surface area contributed by atoms with E-state index in [0.29, 0.717) is 18.7 Å². The van der Waals surface area contributed by atoms with Crippen LogP contribution in [0.4, 0.5) is 0 Å². The standard InChI is InChI=1S/C20H22N4O4/c1-12(25)22(2)10-9-14-13-7-5-6-8-16(13)21-17(14)11-15-18(26)23(3)20(28)24(4)19(15)27/h5-8,11,26H,9-10H2,1-4H3. The van der Waals surface area contributed by atoms with Gasteiger partial charge in [0.2, 0.25) is 11.8 Å². The third-order valence-corrected chi connectivity index (χ3v) is 4.96. The zero-order chi connectivity index (χ0) is 20.6. The van der Waals surface area contributed by atoms with Crippen LogP contribution < -0.4 is 21.8 Å². The maximum Gasteiger partial charge on any atom is 0.333 e. The molecule has 1 aromatic carbocycles. The first kappa shape index (κ1) is 19.3. The second-order valence-electron chi connectivity index (χ2n) is 6.77. The van der Waals surface area contributed by atoms with Gasteiger partial charge in [0.15, 0.2) is 0 Å². The van der Waals surface area contributed by atoms with Crippen LogP contribution >= 0.6 is 0 Å². The second-order valence-corrected chi connectivity index (χ2v) is 6.77. The summed E-state index contributed by atoms with van der Waals surface area (Å²) >= 11 is 0. The van der Waals surface area contributed by atoms with Crippen LogP contribution in [0.25, 0.3) is 11.6 Å². The molecule has 3 rings (SSSR count). The van der Waals surface area contributed by atoms with Crippen molar-refractivity contribution in [3.63, 3.8) is 0 Å². The molecule has 0 spiro atoms. The molecule has 28 heavy (non-hydrogen) atoms. The van der Waals surface area contributed by atoms with E-state index in [1.165, 1.54) is 27.1 Å². The van der Waals surface area contributed by atoms with E-state index in [4.69, 9.17) is 0 Å². The zero-order valence-corrected chi connectivity index (χ0v) is 16.3. The molecule has 0 unspecified atom stereocenters. The number of amides is 1. The molecule has 146 valence electrons. The Morgan fingerprint density at radius 3 is 2.57 bits per heavy atom. The van der Waals surface area contributed by atoms with Gasteiger partial charge in [0, 0.05) is 39.8 Å². The topological polar surface area (TPSA) is 96.9 Å². The van der Waals surface area contributed by atoms with E-state index in [-0.39, 0.29) is 11.5 Å². The molecule has 0 bridgehead atoms. The highest BCUT2D eigenvalue weighted by atomic mass is 16.3. The first-order chi connectivity index (χ1) is 13.2. The van der Waals surface area contributed by atoms with Gasteiger partial charge in [-0.25, -0.2) is 9.79 Å². The Hall–Kier alpha value is -3.42. The minimum Gasteiger partial charge on any atom is -0.494 e. The summed E-state index contributed by atoms with van der Waals surface area (Å²) in [5, 5.41) is 12.0. The monoisotopic (exact) mass is 382 g/mol. The molecule has 2 aromatic rings. The maximum absolute atomic E-state index is 12.5. The number of nitrogens with zero attached hydrogens (tertiary/aromatic N) is 4. The molecule has 1 aliphatic heterocycles. The lowest BCUT2D eigenvalue weighted by atomic mass is 10.1. The molecule has 1 N–H and O–H groups in total. The number of carbonyl (C=O) groups is 1. The number of para-hydroxylation sites is 1. The molecular weight excluding hydrogens is 360 g/mol. The highest BCUT2D eigenvalue weighted by Gasteiger charge is 2.18. The summed E-state index contributed by atoms with van der Waals surface area (Å²) in [6.45, 7) is 1.99.